The molecule has 1 atom stereocenters. The Bertz CT molecular complexity index is 712. The highest BCUT2D eigenvalue weighted by Gasteiger charge is 2.53. The predicted octanol–water partition coefficient (Wildman–Crippen LogP) is 3.64. The second-order valence-corrected chi connectivity index (χ2v) is 9.84. The number of hydrogen-bond donors (Lipinski definition) is 0. The molecule has 2 aliphatic heterocycles. The van der Waals surface area contributed by atoms with Gasteiger partial charge in [0.25, 0.3) is 0 Å². The van der Waals surface area contributed by atoms with E-state index in [4.69, 9.17) is 4.74 Å². The fraction of sp³-hybridized carbons (Fsp3) is 0.652. The quantitative estimate of drug-likeness (QED) is 0.686. The maximum atomic E-state index is 13.4. The molecular formula is C23H32N2O3S. The fourth-order valence-corrected chi connectivity index (χ4v) is 6.84. The lowest BCUT2D eigenvalue weighted by molar-refractivity contribution is -0.156. The van der Waals surface area contributed by atoms with E-state index < -0.39 is 6.04 Å². The molecule has 0 radical (unpaired) electrons. The summed E-state index contributed by atoms with van der Waals surface area (Å²) in [6.45, 7) is 4.59. The van der Waals surface area contributed by atoms with E-state index in [0.29, 0.717) is 24.8 Å². The van der Waals surface area contributed by atoms with Gasteiger partial charge in [0.2, 0.25) is 5.91 Å². The molecule has 29 heavy (non-hydrogen) atoms. The molecule has 158 valence electrons. The largest absolute Gasteiger partial charge is 0.464 e. The van der Waals surface area contributed by atoms with Gasteiger partial charge in [0, 0.05) is 5.75 Å². The van der Waals surface area contributed by atoms with E-state index in [9.17, 15) is 9.59 Å². The van der Waals surface area contributed by atoms with Crippen LogP contribution in [-0.4, -0.2) is 64.6 Å². The smallest absolute Gasteiger partial charge is 0.329 e. The Morgan fingerprint density at radius 1 is 1.14 bits per heavy atom. The average molecular weight is 417 g/mol. The SMILES string of the molecule is CCOC(=O)C1CSC2(CCC(c3ccccc3)CC2)N1C(=O)CN1CCCC1. The second kappa shape index (κ2) is 9.09. The number of carbonyl (C=O) groups excluding carboxylic acids is 2. The van der Waals surface area contributed by atoms with Gasteiger partial charge in [0.1, 0.15) is 6.04 Å². The molecule has 2 saturated heterocycles. The highest BCUT2D eigenvalue weighted by Crippen LogP contribution is 2.52. The number of carbonyl (C=O) groups is 2. The number of hydrogen-bond acceptors (Lipinski definition) is 5. The summed E-state index contributed by atoms with van der Waals surface area (Å²) < 4.78 is 5.34. The monoisotopic (exact) mass is 416 g/mol. The molecule has 3 fully saturated rings. The number of thioether (sulfide) groups is 1. The van der Waals surface area contributed by atoms with E-state index in [1.807, 2.05) is 11.8 Å². The number of benzene rings is 1. The van der Waals surface area contributed by atoms with Crippen LogP contribution in [0.4, 0.5) is 0 Å². The van der Waals surface area contributed by atoms with Crippen LogP contribution in [0.25, 0.3) is 0 Å². The number of likely N-dealkylation sites (tertiary alicyclic amines) is 1. The van der Waals surface area contributed by atoms with Crippen molar-refractivity contribution in [1.29, 1.82) is 0 Å². The summed E-state index contributed by atoms with van der Waals surface area (Å²) in [7, 11) is 0. The summed E-state index contributed by atoms with van der Waals surface area (Å²) in [5.74, 6) is 1.06. The molecule has 1 aliphatic carbocycles. The Morgan fingerprint density at radius 2 is 1.83 bits per heavy atom. The number of nitrogens with zero attached hydrogens (tertiary/aromatic N) is 2. The summed E-state index contributed by atoms with van der Waals surface area (Å²) in [4.78, 5) is 30.0. The Kier molecular flexibility index (Phi) is 6.50. The second-order valence-electron chi connectivity index (χ2n) is 8.46. The van der Waals surface area contributed by atoms with Crippen LogP contribution in [-0.2, 0) is 14.3 Å². The minimum absolute atomic E-state index is 0.105. The van der Waals surface area contributed by atoms with Crippen LogP contribution in [0.15, 0.2) is 30.3 Å². The maximum absolute atomic E-state index is 13.4. The zero-order valence-corrected chi connectivity index (χ0v) is 18.2. The van der Waals surface area contributed by atoms with Gasteiger partial charge >= 0.3 is 5.97 Å². The van der Waals surface area contributed by atoms with Crippen molar-refractivity contribution >= 4 is 23.6 Å². The van der Waals surface area contributed by atoms with Crippen molar-refractivity contribution in [2.45, 2.75) is 62.3 Å². The molecule has 0 bridgehead atoms. The van der Waals surface area contributed by atoms with Gasteiger partial charge in [-0.3, -0.25) is 9.69 Å². The van der Waals surface area contributed by atoms with Gasteiger partial charge in [0.05, 0.1) is 18.0 Å². The fourth-order valence-electron chi connectivity index (χ4n) is 5.20. The van der Waals surface area contributed by atoms with Crippen molar-refractivity contribution < 1.29 is 14.3 Å². The minimum Gasteiger partial charge on any atom is -0.464 e. The van der Waals surface area contributed by atoms with Gasteiger partial charge in [-0.05, 0) is 70.0 Å². The topological polar surface area (TPSA) is 49.9 Å². The third-order valence-corrected chi connectivity index (χ3v) is 8.31. The molecule has 0 aromatic heterocycles. The van der Waals surface area contributed by atoms with Gasteiger partial charge in [-0.25, -0.2) is 4.79 Å². The van der Waals surface area contributed by atoms with E-state index in [0.717, 1.165) is 51.6 Å². The highest BCUT2D eigenvalue weighted by atomic mass is 32.2. The van der Waals surface area contributed by atoms with Crippen LogP contribution >= 0.6 is 11.8 Å². The Hall–Kier alpha value is -1.53. The zero-order valence-electron chi connectivity index (χ0n) is 17.3. The molecule has 1 amide bonds. The molecule has 5 nitrogen and oxygen atoms in total. The predicted molar refractivity (Wildman–Crippen MR) is 116 cm³/mol. The van der Waals surface area contributed by atoms with Gasteiger partial charge in [-0.15, -0.1) is 11.8 Å². The summed E-state index contributed by atoms with van der Waals surface area (Å²) in [5, 5.41) is 0. The highest BCUT2D eigenvalue weighted by molar-refractivity contribution is 8.01. The van der Waals surface area contributed by atoms with Crippen LogP contribution in [0.5, 0.6) is 0 Å². The lowest BCUT2D eigenvalue weighted by Crippen LogP contribution is -2.56. The van der Waals surface area contributed by atoms with Gasteiger partial charge in [-0.1, -0.05) is 30.3 Å². The lowest BCUT2D eigenvalue weighted by Gasteiger charge is -2.44. The van der Waals surface area contributed by atoms with Crippen molar-refractivity contribution in [3.8, 4) is 0 Å². The van der Waals surface area contributed by atoms with Crippen molar-refractivity contribution in [3.05, 3.63) is 35.9 Å². The van der Waals surface area contributed by atoms with Crippen LogP contribution in [0.2, 0.25) is 0 Å². The van der Waals surface area contributed by atoms with E-state index in [2.05, 4.69) is 35.2 Å². The molecule has 0 N–H and O–H groups in total. The molecule has 1 saturated carbocycles. The molecule has 2 heterocycles. The van der Waals surface area contributed by atoms with Crippen LogP contribution < -0.4 is 0 Å². The molecule has 1 aromatic carbocycles. The molecule has 3 aliphatic rings. The van der Waals surface area contributed by atoms with Gasteiger partial charge in [0.15, 0.2) is 0 Å². The Labute approximate surface area is 178 Å². The summed E-state index contributed by atoms with van der Waals surface area (Å²) in [6, 6.07) is 10.2. The van der Waals surface area contributed by atoms with E-state index in [-0.39, 0.29) is 16.7 Å². The number of rotatable bonds is 5. The van der Waals surface area contributed by atoms with Gasteiger partial charge in [-0.2, -0.15) is 0 Å². The molecule has 1 spiro atoms. The van der Waals surface area contributed by atoms with Gasteiger partial charge < -0.3 is 9.64 Å². The molecule has 1 unspecified atom stereocenters. The van der Waals surface area contributed by atoms with Crippen LogP contribution in [0.3, 0.4) is 0 Å². The van der Waals surface area contributed by atoms with Crippen LogP contribution in [0.1, 0.15) is 56.9 Å². The Morgan fingerprint density at radius 3 is 2.48 bits per heavy atom. The first kappa shape index (κ1) is 20.7. The normalized spacial score (nSPS) is 30.0. The standard InChI is InChI=1S/C23H32N2O3S/c1-2-28-22(27)20-17-29-23(25(20)21(26)16-24-14-6-7-15-24)12-10-19(11-13-23)18-8-4-3-5-9-18/h3-5,8-9,19-20H,2,6-7,10-17H2,1H3. The number of ether oxygens (including phenoxy) is 1. The molecule has 4 rings (SSSR count). The van der Waals surface area contributed by atoms with Crippen molar-refractivity contribution in [2.24, 2.45) is 0 Å². The van der Waals surface area contributed by atoms with Crippen molar-refractivity contribution in [1.82, 2.24) is 9.80 Å². The van der Waals surface area contributed by atoms with E-state index >= 15 is 0 Å². The summed E-state index contributed by atoms with van der Waals surface area (Å²) in [6.07, 6.45) is 6.32. The first-order valence-corrected chi connectivity index (χ1v) is 12.0. The summed E-state index contributed by atoms with van der Waals surface area (Å²) >= 11 is 1.81. The van der Waals surface area contributed by atoms with Crippen LogP contribution in [0, 0.1) is 0 Å². The number of amides is 1. The average Bonchev–Trinajstić information content (AvgIpc) is 3.37. The first-order chi connectivity index (χ1) is 14.1. The van der Waals surface area contributed by atoms with Crippen molar-refractivity contribution in [2.75, 3.05) is 32.0 Å². The molecule has 1 aromatic rings. The minimum atomic E-state index is -0.441. The molecular weight excluding hydrogens is 384 g/mol. The van der Waals surface area contributed by atoms with E-state index in [1.54, 1.807) is 11.8 Å². The maximum Gasteiger partial charge on any atom is 0.329 e. The molecule has 6 heteroatoms. The number of esters is 1. The zero-order chi connectivity index (χ0) is 20.3. The van der Waals surface area contributed by atoms with E-state index in [1.165, 1.54) is 5.56 Å². The first-order valence-electron chi connectivity index (χ1n) is 11.0. The third kappa shape index (κ3) is 4.33. The summed E-state index contributed by atoms with van der Waals surface area (Å²) in [5.41, 5.74) is 1.39. The lowest BCUT2D eigenvalue weighted by atomic mass is 9.80. The van der Waals surface area contributed by atoms with Crippen molar-refractivity contribution in [3.63, 3.8) is 0 Å². The third-order valence-electron chi connectivity index (χ3n) is 6.68. The Balaban J connectivity index is 1.51.